The van der Waals surface area contributed by atoms with E-state index in [2.05, 4.69) is 5.32 Å². The lowest BCUT2D eigenvalue weighted by molar-refractivity contribution is -0.385. The summed E-state index contributed by atoms with van der Waals surface area (Å²) >= 11 is 0. The minimum absolute atomic E-state index is 0.0900. The summed E-state index contributed by atoms with van der Waals surface area (Å²) < 4.78 is 13.7. The van der Waals surface area contributed by atoms with Crippen LogP contribution < -0.4 is 5.32 Å². The summed E-state index contributed by atoms with van der Waals surface area (Å²) in [5, 5.41) is 14.1. The average molecular weight is 288 g/mol. The number of halogens is 1. The summed E-state index contributed by atoms with van der Waals surface area (Å²) in [5.41, 5.74) is 2.90. The number of hydrogen-bond donors (Lipinski definition) is 1. The van der Waals surface area contributed by atoms with Gasteiger partial charge < -0.3 is 5.32 Å². The second kappa shape index (κ2) is 6.35. The van der Waals surface area contributed by atoms with Crippen molar-refractivity contribution in [1.29, 1.82) is 0 Å². The predicted molar refractivity (Wildman–Crippen MR) is 80.9 cm³/mol. The van der Waals surface area contributed by atoms with Gasteiger partial charge >= 0.3 is 0 Å². The van der Waals surface area contributed by atoms with Gasteiger partial charge in [-0.1, -0.05) is 30.7 Å². The zero-order chi connectivity index (χ0) is 15.4. The molecule has 2 rings (SSSR count). The molecule has 0 atom stereocenters. The quantitative estimate of drug-likeness (QED) is 0.662. The number of aryl methyl sites for hydroxylation is 2. The largest absolute Gasteiger partial charge is 0.381 e. The highest BCUT2D eigenvalue weighted by atomic mass is 19.1. The third kappa shape index (κ3) is 3.56. The van der Waals surface area contributed by atoms with Gasteiger partial charge in [-0.25, -0.2) is 4.39 Å². The second-order valence-corrected chi connectivity index (χ2v) is 4.90. The third-order valence-corrected chi connectivity index (χ3v) is 3.35. The number of nitrogens with one attached hydrogen (secondary N) is 1. The van der Waals surface area contributed by atoms with Crippen molar-refractivity contribution in [2.45, 2.75) is 26.8 Å². The summed E-state index contributed by atoms with van der Waals surface area (Å²) in [7, 11) is 0. The van der Waals surface area contributed by atoms with Gasteiger partial charge in [0.2, 0.25) is 0 Å². The van der Waals surface area contributed by atoms with Crippen LogP contribution in [-0.4, -0.2) is 4.92 Å². The number of nitro groups is 1. The monoisotopic (exact) mass is 288 g/mol. The zero-order valence-electron chi connectivity index (χ0n) is 12.0. The number of nitrogens with zero attached hydrogens (tertiary/aromatic N) is 1. The second-order valence-electron chi connectivity index (χ2n) is 4.90. The maximum absolute atomic E-state index is 13.7. The van der Waals surface area contributed by atoms with Crippen molar-refractivity contribution < 1.29 is 9.31 Å². The van der Waals surface area contributed by atoms with Gasteiger partial charge in [-0.05, 0) is 25.5 Å². The fourth-order valence-corrected chi connectivity index (χ4v) is 2.18. The van der Waals surface area contributed by atoms with Gasteiger partial charge in [0.05, 0.1) is 4.92 Å². The first kappa shape index (κ1) is 15.0. The number of hydrogen-bond acceptors (Lipinski definition) is 3. The lowest BCUT2D eigenvalue weighted by Crippen LogP contribution is -2.03. The van der Waals surface area contributed by atoms with E-state index in [9.17, 15) is 14.5 Å². The maximum Gasteiger partial charge on any atom is 0.274 e. The molecule has 0 amide bonds. The standard InChI is InChI=1S/C16H17FN2O2/c1-3-12-5-6-14(9-16(12)19(20)21)18-10-13-8-11(2)4-7-15(13)17/h4-9,18H,3,10H2,1-2H3. The van der Waals surface area contributed by atoms with Gasteiger partial charge in [0.1, 0.15) is 5.82 Å². The van der Waals surface area contributed by atoms with Crippen LogP contribution in [-0.2, 0) is 13.0 Å². The van der Waals surface area contributed by atoms with Crippen molar-refractivity contribution in [2.75, 3.05) is 5.32 Å². The fourth-order valence-electron chi connectivity index (χ4n) is 2.18. The van der Waals surface area contributed by atoms with E-state index in [-0.39, 0.29) is 18.0 Å². The van der Waals surface area contributed by atoms with Gasteiger partial charge in [0.15, 0.2) is 0 Å². The topological polar surface area (TPSA) is 55.2 Å². The van der Waals surface area contributed by atoms with Crippen molar-refractivity contribution >= 4 is 11.4 Å². The Bertz CT molecular complexity index is 671. The number of rotatable bonds is 5. The SMILES string of the molecule is CCc1ccc(NCc2cc(C)ccc2F)cc1[N+](=O)[O-]. The molecule has 1 N–H and O–H groups in total. The third-order valence-electron chi connectivity index (χ3n) is 3.35. The van der Waals surface area contributed by atoms with E-state index in [0.29, 0.717) is 23.2 Å². The molecule has 0 saturated heterocycles. The number of anilines is 1. The van der Waals surface area contributed by atoms with Crippen LogP contribution in [0.2, 0.25) is 0 Å². The van der Waals surface area contributed by atoms with Crippen LogP contribution in [0.3, 0.4) is 0 Å². The highest BCUT2D eigenvalue weighted by molar-refractivity contribution is 5.55. The van der Waals surface area contributed by atoms with E-state index in [1.807, 2.05) is 13.8 Å². The molecule has 4 nitrogen and oxygen atoms in total. The molecular formula is C16H17FN2O2. The van der Waals surface area contributed by atoms with Crippen molar-refractivity contribution in [3.8, 4) is 0 Å². The smallest absolute Gasteiger partial charge is 0.274 e. The highest BCUT2D eigenvalue weighted by Gasteiger charge is 2.13. The molecule has 0 fully saturated rings. The molecular weight excluding hydrogens is 271 g/mol. The molecule has 21 heavy (non-hydrogen) atoms. The number of nitro benzene ring substituents is 1. The van der Waals surface area contributed by atoms with Crippen LogP contribution >= 0.6 is 0 Å². The van der Waals surface area contributed by atoms with Gasteiger partial charge in [-0.15, -0.1) is 0 Å². The molecule has 0 heterocycles. The Morgan fingerprint density at radius 3 is 2.62 bits per heavy atom. The highest BCUT2D eigenvalue weighted by Crippen LogP contribution is 2.24. The van der Waals surface area contributed by atoms with Gasteiger partial charge in [-0.3, -0.25) is 10.1 Å². The van der Waals surface area contributed by atoms with Crippen molar-refractivity contribution in [2.24, 2.45) is 0 Å². The average Bonchev–Trinajstić information content (AvgIpc) is 2.47. The fraction of sp³-hybridized carbons (Fsp3) is 0.250. The van der Waals surface area contributed by atoms with Crippen molar-refractivity contribution in [3.63, 3.8) is 0 Å². The first-order valence-corrected chi connectivity index (χ1v) is 6.77. The van der Waals surface area contributed by atoms with Gasteiger partial charge in [-0.2, -0.15) is 0 Å². The molecule has 2 aromatic carbocycles. The molecule has 0 unspecified atom stereocenters. The van der Waals surface area contributed by atoms with Gasteiger partial charge in [0.25, 0.3) is 5.69 Å². The Balaban J connectivity index is 2.18. The minimum Gasteiger partial charge on any atom is -0.381 e. The number of benzene rings is 2. The zero-order valence-corrected chi connectivity index (χ0v) is 12.0. The van der Waals surface area contributed by atoms with Gasteiger partial charge in [0, 0.05) is 29.4 Å². The molecule has 0 aliphatic carbocycles. The Morgan fingerprint density at radius 2 is 1.95 bits per heavy atom. The van der Waals surface area contributed by atoms with Crippen molar-refractivity contribution in [3.05, 3.63) is 69.0 Å². The maximum atomic E-state index is 13.7. The van der Waals surface area contributed by atoms with E-state index in [1.165, 1.54) is 12.1 Å². The van der Waals surface area contributed by atoms with Crippen LogP contribution in [0.4, 0.5) is 15.8 Å². The molecule has 0 bridgehead atoms. The Kier molecular flexibility index (Phi) is 4.52. The van der Waals surface area contributed by atoms with Crippen LogP contribution in [0, 0.1) is 22.9 Å². The summed E-state index contributed by atoms with van der Waals surface area (Å²) in [5.74, 6) is -0.284. The minimum atomic E-state index is -0.392. The van der Waals surface area contributed by atoms with Crippen molar-refractivity contribution in [1.82, 2.24) is 0 Å². The summed E-state index contributed by atoms with van der Waals surface area (Å²) in [6.45, 7) is 4.05. The Morgan fingerprint density at radius 1 is 1.19 bits per heavy atom. The van der Waals surface area contributed by atoms with E-state index >= 15 is 0 Å². The Labute approximate surface area is 122 Å². The molecule has 0 aliphatic rings. The first-order valence-electron chi connectivity index (χ1n) is 6.77. The summed E-state index contributed by atoms with van der Waals surface area (Å²) in [4.78, 5) is 10.6. The predicted octanol–water partition coefficient (Wildman–Crippen LogP) is 4.22. The lowest BCUT2D eigenvalue weighted by Gasteiger charge is -2.09. The molecule has 0 aliphatic heterocycles. The summed E-state index contributed by atoms with van der Waals surface area (Å²) in [6.07, 6.45) is 0.600. The molecule has 0 aromatic heterocycles. The molecule has 110 valence electrons. The molecule has 0 saturated carbocycles. The molecule has 2 aromatic rings. The van der Waals surface area contributed by atoms with Crippen LogP contribution in [0.15, 0.2) is 36.4 Å². The van der Waals surface area contributed by atoms with E-state index in [1.54, 1.807) is 24.3 Å². The summed E-state index contributed by atoms with van der Waals surface area (Å²) in [6, 6.07) is 9.89. The van der Waals surface area contributed by atoms with Crippen LogP contribution in [0.25, 0.3) is 0 Å². The first-order chi connectivity index (χ1) is 10.0. The van der Waals surface area contributed by atoms with E-state index < -0.39 is 4.92 Å². The van der Waals surface area contributed by atoms with E-state index in [4.69, 9.17) is 0 Å². The van der Waals surface area contributed by atoms with Crippen LogP contribution in [0.5, 0.6) is 0 Å². The Hall–Kier alpha value is -2.43. The van der Waals surface area contributed by atoms with E-state index in [0.717, 1.165) is 5.56 Å². The molecule has 5 heteroatoms. The normalized spacial score (nSPS) is 10.4. The molecule has 0 spiro atoms. The molecule has 0 radical (unpaired) electrons. The lowest BCUT2D eigenvalue weighted by atomic mass is 10.1. The van der Waals surface area contributed by atoms with Crippen LogP contribution in [0.1, 0.15) is 23.6 Å².